The lowest BCUT2D eigenvalue weighted by atomic mass is 9.96. The minimum absolute atomic E-state index is 0.00227. The molecule has 2 aliphatic rings. The summed E-state index contributed by atoms with van der Waals surface area (Å²) < 4.78 is 49.9. The van der Waals surface area contributed by atoms with Crippen LogP contribution in [0.2, 0.25) is 0 Å². The number of rotatable bonds is 11. The predicted octanol–water partition coefficient (Wildman–Crippen LogP) is 5.82. The number of imidazole rings is 1. The van der Waals surface area contributed by atoms with Crippen molar-refractivity contribution >= 4 is 28.3 Å². The van der Waals surface area contributed by atoms with Crippen molar-refractivity contribution in [2.24, 2.45) is 0 Å². The molecule has 0 amide bonds. The monoisotopic (exact) mass is 619 g/mol. The summed E-state index contributed by atoms with van der Waals surface area (Å²) in [6, 6.07) is 11.8. The van der Waals surface area contributed by atoms with Crippen molar-refractivity contribution in [3.05, 3.63) is 82.1 Å². The molecule has 1 aliphatic carbocycles. The van der Waals surface area contributed by atoms with E-state index in [0.717, 1.165) is 37.8 Å². The first-order chi connectivity index (χ1) is 21.4. The number of pyridine rings is 1. The van der Waals surface area contributed by atoms with E-state index in [1.165, 1.54) is 17.4 Å². The fourth-order valence-corrected chi connectivity index (χ4v) is 5.79. The molecule has 3 aromatic heterocycles. The second-order valence-electron chi connectivity index (χ2n) is 10.8. The lowest BCUT2D eigenvalue weighted by Gasteiger charge is -2.27. The maximum absolute atomic E-state index is 15.5. The second-order valence-corrected chi connectivity index (χ2v) is 11.8. The molecule has 5 aromatic rings. The molecule has 0 spiro atoms. The van der Waals surface area contributed by atoms with E-state index in [0.29, 0.717) is 40.2 Å². The standard InChI is InChI=1S/C31H27F2N5O5S/c32-22-14-21(24-5-2-6-28(35-24)42-16-29-36-37-31(44-29)43-19-3-1-4-19)23(33)11-18(22)13-27-34-25-8-7-17(30(39)40)12-26(25)38(27)15-20-9-10-41-20/h2,5-8,11-12,14,19-20H,1,3-4,9-10,13,15-16H2,(H,39,40). The molecular weight excluding hydrogens is 592 g/mol. The van der Waals surface area contributed by atoms with Gasteiger partial charge in [0.15, 0.2) is 5.01 Å². The number of carboxylic acid groups (broad SMARTS) is 1. The first-order valence-corrected chi connectivity index (χ1v) is 15.1. The van der Waals surface area contributed by atoms with Gasteiger partial charge < -0.3 is 23.9 Å². The Morgan fingerprint density at radius 2 is 1.93 bits per heavy atom. The highest BCUT2D eigenvalue weighted by Crippen LogP contribution is 2.30. The molecule has 1 N–H and O–H groups in total. The molecule has 2 fully saturated rings. The minimum atomic E-state index is -1.06. The normalized spacial score (nSPS) is 16.5. The second kappa shape index (κ2) is 11.9. The van der Waals surface area contributed by atoms with Gasteiger partial charge in [0.05, 0.1) is 34.9 Å². The average Bonchev–Trinajstić information content (AvgIpc) is 3.56. The summed E-state index contributed by atoms with van der Waals surface area (Å²) >= 11 is 1.30. The fourth-order valence-electron chi connectivity index (χ4n) is 5.12. The van der Waals surface area contributed by atoms with E-state index < -0.39 is 17.6 Å². The highest BCUT2D eigenvalue weighted by Gasteiger charge is 2.24. The van der Waals surface area contributed by atoms with E-state index in [-0.39, 0.29) is 53.5 Å². The number of ether oxygens (including phenoxy) is 3. The lowest BCUT2D eigenvalue weighted by molar-refractivity contribution is -0.0589. The summed E-state index contributed by atoms with van der Waals surface area (Å²) in [7, 11) is 0. The van der Waals surface area contributed by atoms with Crippen molar-refractivity contribution in [2.75, 3.05) is 6.61 Å². The highest BCUT2D eigenvalue weighted by atomic mass is 32.1. The number of carboxylic acids is 1. The van der Waals surface area contributed by atoms with Crippen LogP contribution >= 0.6 is 11.3 Å². The van der Waals surface area contributed by atoms with Crippen molar-refractivity contribution in [3.63, 3.8) is 0 Å². The van der Waals surface area contributed by atoms with Crippen molar-refractivity contribution in [1.29, 1.82) is 0 Å². The molecule has 1 unspecified atom stereocenters. The molecule has 1 saturated carbocycles. The van der Waals surface area contributed by atoms with E-state index in [9.17, 15) is 9.90 Å². The van der Waals surface area contributed by atoms with Gasteiger partial charge >= 0.3 is 5.97 Å². The van der Waals surface area contributed by atoms with Gasteiger partial charge in [-0.15, -0.1) is 5.10 Å². The Kier molecular flexibility index (Phi) is 7.64. The Labute approximate surface area is 254 Å². The summed E-state index contributed by atoms with van der Waals surface area (Å²) in [5, 5.41) is 18.7. The van der Waals surface area contributed by atoms with Crippen LogP contribution in [0.15, 0.2) is 48.5 Å². The summed E-state index contributed by atoms with van der Waals surface area (Å²) in [6.07, 6.45) is 4.19. The Morgan fingerprint density at radius 3 is 2.68 bits per heavy atom. The number of aromatic carboxylic acids is 1. The van der Waals surface area contributed by atoms with Crippen molar-refractivity contribution in [1.82, 2.24) is 24.7 Å². The van der Waals surface area contributed by atoms with Crippen LogP contribution in [0, 0.1) is 11.6 Å². The Morgan fingerprint density at radius 1 is 1.07 bits per heavy atom. The third kappa shape index (κ3) is 5.84. The Bertz CT molecular complexity index is 1850. The Balaban J connectivity index is 1.10. The minimum Gasteiger partial charge on any atom is -0.478 e. The van der Waals surface area contributed by atoms with E-state index in [2.05, 4.69) is 20.2 Å². The van der Waals surface area contributed by atoms with Gasteiger partial charge in [0.2, 0.25) is 5.88 Å². The summed E-state index contributed by atoms with van der Waals surface area (Å²) in [5.41, 5.74) is 1.60. The number of fused-ring (bicyclic) bond motifs is 1. The number of nitrogens with zero attached hydrogens (tertiary/aromatic N) is 5. The van der Waals surface area contributed by atoms with E-state index >= 15 is 8.78 Å². The van der Waals surface area contributed by atoms with Crippen LogP contribution in [0.5, 0.6) is 11.1 Å². The summed E-state index contributed by atoms with van der Waals surface area (Å²) in [5.74, 6) is -1.61. The van der Waals surface area contributed by atoms with Gasteiger partial charge in [-0.2, -0.15) is 0 Å². The van der Waals surface area contributed by atoms with Gasteiger partial charge in [-0.3, -0.25) is 0 Å². The van der Waals surface area contributed by atoms with Crippen LogP contribution < -0.4 is 9.47 Å². The molecule has 1 aliphatic heterocycles. The van der Waals surface area contributed by atoms with Gasteiger partial charge in [0.1, 0.15) is 30.2 Å². The molecule has 13 heteroatoms. The third-order valence-corrected chi connectivity index (χ3v) is 8.64. The van der Waals surface area contributed by atoms with E-state index in [4.69, 9.17) is 14.2 Å². The zero-order valence-electron chi connectivity index (χ0n) is 23.4. The van der Waals surface area contributed by atoms with Crippen LogP contribution in [-0.4, -0.2) is 54.6 Å². The predicted molar refractivity (Wildman–Crippen MR) is 156 cm³/mol. The van der Waals surface area contributed by atoms with Gasteiger partial charge in [0, 0.05) is 24.7 Å². The zero-order chi connectivity index (χ0) is 30.2. The van der Waals surface area contributed by atoms with E-state index in [1.54, 1.807) is 30.3 Å². The molecule has 44 heavy (non-hydrogen) atoms. The van der Waals surface area contributed by atoms with Crippen molar-refractivity contribution in [2.45, 2.75) is 57.5 Å². The van der Waals surface area contributed by atoms with Gasteiger partial charge in [-0.1, -0.05) is 22.5 Å². The molecule has 0 radical (unpaired) electrons. The van der Waals surface area contributed by atoms with Crippen LogP contribution in [0.4, 0.5) is 8.78 Å². The smallest absolute Gasteiger partial charge is 0.335 e. The van der Waals surface area contributed by atoms with Crippen molar-refractivity contribution < 1.29 is 32.9 Å². The van der Waals surface area contributed by atoms with Crippen LogP contribution in [-0.2, 0) is 24.3 Å². The Hall–Kier alpha value is -4.49. The van der Waals surface area contributed by atoms with Gasteiger partial charge in [0.25, 0.3) is 5.19 Å². The van der Waals surface area contributed by atoms with E-state index in [1.807, 2.05) is 4.57 Å². The summed E-state index contributed by atoms with van der Waals surface area (Å²) in [4.78, 5) is 20.6. The maximum atomic E-state index is 15.5. The molecule has 1 saturated heterocycles. The number of hydrogen-bond donors (Lipinski definition) is 1. The number of halogens is 2. The molecule has 4 heterocycles. The topological polar surface area (TPSA) is 121 Å². The largest absolute Gasteiger partial charge is 0.478 e. The first kappa shape index (κ1) is 28.3. The lowest BCUT2D eigenvalue weighted by Crippen LogP contribution is -2.31. The van der Waals surface area contributed by atoms with Crippen LogP contribution in [0.25, 0.3) is 22.3 Å². The van der Waals surface area contributed by atoms with Gasteiger partial charge in [-0.05, 0) is 67.6 Å². The molecule has 226 valence electrons. The zero-order valence-corrected chi connectivity index (χ0v) is 24.2. The molecule has 0 bridgehead atoms. The number of carbonyl (C=O) groups is 1. The quantitative estimate of drug-likeness (QED) is 0.195. The average molecular weight is 620 g/mol. The van der Waals surface area contributed by atoms with Crippen LogP contribution in [0.3, 0.4) is 0 Å². The van der Waals surface area contributed by atoms with Gasteiger partial charge in [-0.25, -0.2) is 23.5 Å². The van der Waals surface area contributed by atoms with Crippen LogP contribution in [0.1, 0.15) is 52.4 Å². The number of hydrogen-bond acceptors (Lipinski definition) is 9. The number of aromatic nitrogens is 5. The molecule has 10 nitrogen and oxygen atoms in total. The van der Waals surface area contributed by atoms with Crippen molar-refractivity contribution in [3.8, 4) is 22.3 Å². The fraction of sp³-hybridized carbons (Fsp3) is 0.323. The number of benzene rings is 2. The first-order valence-electron chi connectivity index (χ1n) is 14.3. The summed E-state index contributed by atoms with van der Waals surface area (Å²) in [6.45, 7) is 1.19. The molecule has 1 atom stereocenters. The SMILES string of the molecule is O=C(O)c1ccc2nc(Cc3cc(F)c(-c4cccc(OCc5nnc(OC6CCC6)s5)n4)cc3F)n(CC3CCO3)c2c1. The molecular formula is C31H27F2N5O5S. The maximum Gasteiger partial charge on any atom is 0.335 e. The highest BCUT2D eigenvalue weighted by molar-refractivity contribution is 7.13. The third-order valence-electron chi connectivity index (χ3n) is 7.85. The molecule has 7 rings (SSSR count). The molecule has 2 aromatic carbocycles.